The Hall–Kier alpha value is -2.92. The van der Waals surface area contributed by atoms with Crippen molar-refractivity contribution in [1.29, 1.82) is 0 Å². The van der Waals surface area contributed by atoms with Crippen LogP contribution in [0, 0.1) is 6.92 Å². The van der Waals surface area contributed by atoms with Gasteiger partial charge < -0.3 is 10.3 Å². The van der Waals surface area contributed by atoms with Crippen molar-refractivity contribution in [3.8, 4) is 11.1 Å². The third-order valence-electron chi connectivity index (χ3n) is 4.82. The number of nitrogens with zero attached hydrogens (tertiary/aromatic N) is 4. The van der Waals surface area contributed by atoms with Crippen molar-refractivity contribution in [3.05, 3.63) is 34.0 Å². The van der Waals surface area contributed by atoms with E-state index in [1.54, 1.807) is 17.9 Å². The number of thiazole rings is 1. The molecule has 0 fully saturated rings. The van der Waals surface area contributed by atoms with Crippen molar-refractivity contribution in [3.63, 3.8) is 0 Å². The van der Waals surface area contributed by atoms with Crippen LogP contribution in [0.1, 0.15) is 24.7 Å². The van der Waals surface area contributed by atoms with E-state index in [2.05, 4.69) is 25.4 Å². The summed E-state index contributed by atoms with van der Waals surface area (Å²) < 4.78 is 30.1. The average molecular weight is 447 g/mol. The van der Waals surface area contributed by atoms with Gasteiger partial charge in [-0.25, -0.2) is 18.7 Å². The lowest BCUT2D eigenvalue weighted by Gasteiger charge is -2.06. The van der Waals surface area contributed by atoms with E-state index >= 15 is 0 Å². The molecule has 0 unspecified atom stereocenters. The summed E-state index contributed by atoms with van der Waals surface area (Å²) in [5.74, 6) is 0. The van der Waals surface area contributed by atoms with E-state index in [4.69, 9.17) is 0 Å². The van der Waals surface area contributed by atoms with Crippen LogP contribution in [-0.4, -0.2) is 31.3 Å². The summed E-state index contributed by atoms with van der Waals surface area (Å²) >= 11 is 2.53. The van der Waals surface area contributed by atoms with Gasteiger partial charge in [-0.1, -0.05) is 11.3 Å². The molecule has 0 aliphatic heterocycles. The van der Waals surface area contributed by atoms with Crippen LogP contribution in [0.25, 0.3) is 41.8 Å². The van der Waals surface area contributed by atoms with Gasteiger partial charge in [0.05, 0.1) is 15.9 Å². The maximum atomic E-state index is 13.6. The van der Waals surface area contributed by atoms with Crippen molar-refractivity contribution in [1.82, 2.24) is 24.7 Å². The first-order chi connectivity index (χ1) is 14.4. The molecule has 0 amide bonds. The van der Waals surface area contributed by atoms with E-state index in [1.807, 2.05) is 13.8 Å². The van der Waals surface area contributed by atoms with Crippen LogP contribution in [0.2, 0.25) is 0 Å². The molecule has 0 saturated carbocycles. The third-order valence-corrected chi connectivity index (χ3v) is 6.93. The minimum absolute atomic E-state index is 0.259. The fourth-order valence-electron chi connectivity index (χ4n) is 3.62. The molecule has 0 bridgehead atoms. The number of H-pyrrole nitrogens is 1. The van der Waals surface area contributed by atoms with Crippen LogP contribution in [0.4, 0.5) is 13.9 Å². The van der Waals surface area contributed by atoms with Crippen molar-refractivity contribution in [2.24, 2.45) is 7.05 Å². The molecule has 0 saturated heterocycles. The highest BCUT2D eigenvalue weighted by molar-refractivity contribution is 7.27. The summed E-state index contributed by atoms with van der Waals surface area (Å²) in [7, 11) is 1.78. The Morgan fingerprint density at radius 1 is 1.23 bits per heavy atom. The smallest absolute Gasteiger partial charge is 0.280 e. The number of hydrogen-bond acceptors (Lipinski definition) is 7. The van der Waals surface area contributed by atoms with E-state index in [-0.39, 0.29) is 11.3 Å². The van der Waals surface area contributed by atoms with Crippen molar-refractivity contribution < 1.29 is 8.78 Å². The maximum Gasteiger partial charge on any atom is 0.280 e. The maximum absolute atomic E-state index is 13.6. The van der Waals surface area contributed by atoms with E-state index in [1.165, 1.54) is 28.7 Å². The van der Waals surface area contributed by atoms with Crippen LogP contribution in [-0.2, 0) is 7.05 Å². The number of aryl methyl sites for hydroxylation is 2. The lowest BCUT2D eigenvalue weighted by atomic mass is 10.0. The Morgan fingerprint density at radius 2 is 2.03 bits per heavy atom. The molecule has 5 aromatic heterocycles. The van der Waals surface area contributed by atoms with Crippen molar-refractivity contribution >= 4 is 58.5 Å². The fraction of sp³-hybridized carbons (Fsp3) is 0.263. The molecule has 0 spiro atoms. The molecule has 2 N–H and O–H groups in total. The zero-order valence-corrected chi connectivity index (χ0v) is 17.8. The molecule has 154 valence electrons. The van der Waals surface area contributed by atoms with Crippen molar-refractivity contribution in [2.45, 2.75) is 20.3 Å². The minimum Gasteiger partial charge on any atom is -0.362 e. The average Bonchev–Trinajstić information content (AvgIpc) is 3.36. The molecule has 0 atom stereocenters. The molecule has 5 aromatic rings. The number of aromatic nitrogens is 5. The van der Waals surface area contributed by atoms with E-state index in [0.29, 0.717) is 48.9 Å². The largest absolute Gasteiger partial charge is 0.362 e. The summed E-state index contributed by atoms with van der Waals surface area (Å²) in [6.45, 7) is 4.45. The second kappa shape index (κ2) is 6.81. The quantitative estimate of drug-likeness (QED) is 0.413. The van der Waals surface area contributed by atoms with E-state index in [9.17, 15) is 13.6 Å². The molecule has 7 nitrogen and oxygen atoms in total. The number of rotatable bonds is 4. The Morgan fingerprint density at radius 3 is 2.70 bits per heavy atom. The third kappa shape index (κ3) is 2.80. The Labute approximate surface area is 176 Å². The second-order valence-corrected chi connectivity index (χ2v) is 8.86. The summed E-state index contributed by atoms with van der Waals surface area (Å²) in [4.78, 5) is 24.9. The molecule has 0 aromatic carbocycles. The summed E-state index contributed by atoms with van der Waals surface area (Å²) in [6, 6.07) is 1.39. The molecular formula is C19H16F2N6OS2. The molecule has 5 heterocycles. The predicted molar refractivity (Wildman–Crippen MR) is 117 cm³/mol. The van der Waals surface area contributed by atoms with Crippen LogP contribution in [0.5, 0.6) is 0 Å². The number of anilines is 1. The number of thiophene rings is 1. The van der Waals surface area contributed by atoms with Gasteiger partial charge in [-0.2, -0.15) is 5.10 Å². The molecule has 30 heavy (non-hydrogen) atoms. The highest BCUT2D eigenvalue weighted by Crippen LogP contribution is 2.43. The predicted octanol–water partition coefficient (Wildman–Crippen LogP) is 4.83. The first kappa shape index (κ1) is 19.1. The standard InChI is InChI=1S/C19H16F2N6OS2/c1-4-22-19-25-13-14-12(24-17(28)15(13)30-19)11-8(9-6-27(3)26-7(9)2)5-10(16(20)21)23-18(11)29-14/h5-6,16H,4H2,1-3H3,(H,22,25)(H,24,28). The summed E-state index contributed by atoms with van der Waals surface area (Å²) in [5, 5.41) is 8.75. The number of halogens is 2. The number of nitrogens with one attached hydrogen (secondary N) is 2. The van der Waals surface area contributed by atoms with Gasteiger partial charge in [-0.05, 0) is 25.5 Å². The van der Waals surface area contributed by atoms with Gasteiger partial charge in [0, 0.05) is 30.7 Å². The normalized spacial score (nSPS) is 12.1. The van der Waals surface area contributed by atoms with Gasteiger partial charge in [-0.3, -0.25) is 9.48 Å². The monoisotopic (exact) mass is 446 g/mol. The molecule has 0 aliphatic carbocycles. The number of aromatic amines is 1. The van der Waals surface area contributed by atoms with Gasteiger partial charge in [-0.15, -0.1) is 11.3 Å². The first-order valence-corrected chi connectivity index (χ1v) is 10.8. The minimum atomic E-state index is -2.71. The second-order valence-electron chi connectivity index (χ2n) is 6.86. The van der Waals surface area contributed by atoms with Gasteiger partial charge in [0.25, 0.3) is 12.0 Å². The van der Waals surface area contributed by atoms with Gasteiger partial charge in [0.1, 0.15) is 20.7 Å². The molecule has 5 rings (SSSR count). The Bertz CT molecular complexity index is 1500. The molecular weight excluding hydrogens is 430 g/mol. The van der Waals surface area contributed by atoms with E-state index in [0.717, 1.165) is 10.3 Å². The zero-order valence-electron chi connectivity index (χ0n) is 16.2. The lowest BCUT2D eigenvalue weighted by Crippen LogP contribution is -2.03. The zero-order chi connectivity index (χ0) is 21.2. The Balaban J connectivity index is 1.94. The fourth-order valence-corrected chi connectivity index (χ4v) is 5.77. The van der Waals surface area contributed by atoms with Crippen molar-refractivity contribution in [2.75, 3.05) is 11.9 Å². The molecule has 0 radical (unpaired) electrons. The van der Waals surface area contributed by atoms with Gasteiger partial charge in [0.2, 0.25) is 0 Å². The lowest BCUT2D eigenvalue weighted by molar-refractivity contribution is 0.146. The first-order valence-electron chi connectivity index (χ1n) is 9.20. The number of fused-ring (bicyclic) bond motifs is 5. The highest BCUT2D eigenvalue weighted by Gasteiger charge is 2.23. The number of pyridine rings is 2. The topological polar surface area (TPSA) is 88.5 Å². The number of hydrogen-bond donors (Lipinski definition) is 2. The SMILES string of the molecule is CCNc1nc2c(s1)c(=O)[nH]c1c2sc2nc(C(F)F)cc(-c3cn(C)nc3C)c21. The van der Waals surface area contributed by atoms with Gasteiger partial charge >= 0.3 is 0 Å². The molecule has 0 aliphatic rings. The summed E-state index contributed by atoms with van der Waals surface area (Å²) in [5.41, 5.74) is 2.56. The summed E-state index contributed by atoms with van der Waals surface area (Å²) in [6.07, 6.45) is -0.931. The van der Waals surface area contributed by atoms with Crippen LogP contribution in [0.15, 0.2) is 17.1 Å². The molecule has 11 heteroatoms. The van der Waals surface area contributed by atoms with Crippen LogP contribution >= 0.6 is 22.7 Å². The van der Waals surface area contributed by atoms with Crippen LogP contribution < -0.4 is 10.9 Å². The number of alkyl halides is 2. The Kier molecular flexibility index (Phi) is 4.33. The van der Waals surface area contributed by atoms with E-state index < -0.39 is 6.43 Å². The van der Waals surface area contributed by atoms with Gasteiger partial charge in [0.15, 0.2) is 5.13 Å². The van der Waals surface area contributed by atoms with Crippen LogP contribution in [0.3, 0.4) is 0 Å². The highest BCUT2D eigenvalue weighted by atomic mass is 32.1.